The molecule has 1 saturated carbocycles. The topological polar surface area (TPSA) is 0 Å². The Morgan fingerprint density at radius 1 is 1.56 bits per heavy atom. The number of hydrogen-bond acceptors (Lipinski definition) is 0. The van der Waals surface area contributed by atoms with Gasteiger partial charge in [0.15, 0.2) is 0 Å². The van der Waals surface area contributed by atoms with E-state index >= 15 is 0 Å². The Bertz CT molecular complexity index is 184. The average molecular weight is 120 g/mol. The van der Waals surface area contributed by atoms with Crippen LogP contribution in [0.15, 0.2) is 23.3 Å². The summed E-state index contributed by atoms with van der Waals surface area (Å²) in [5, 5.41) is 0. The van der Waals surface area contributed by atoms with E-state index in [1.165, 1.54) is 19.3 Å². The van der Waals surface area contributed by atoms with Gasteiger partial charge in [-0.3, -0.25) is 0 Å². The summed E-state index contributed by atoms with van der Waals surface area (Å²) in [5.41, 5.74) is 3.26. The third kappa shape index (κ3) is 0.658. The first kappa shape index (κ1) is 5.28. The summed E-state index contributed by atoms with van der Waals surface area (Å²) in [6.45, 7) is 2.15. The van der Waals surface area contributed by atoms with Crippen molar-refractivity contribution in [1.29, 1.82) is 0 Å². The van der Waals surface area contributed by atoms with Gasteiger partial charge in [0, 0.05) is 0 Å². The molecule has 0 heteroatoms. The fourth-order valence-electron chi connectivity index (χ4n) is 1.95. The molecular weight excluding hydrogens is 108 g/mol. The molecule has 0 nitrogen and oxygen atoms in total. The monoisotopic (exact) mass is 120 g/mol. The molecule has 0 heterocycles. The SMILES string of the molecule is C/C=C1/CC2CC=C1C2. The average Bonchev–Trinajstić information content (AvgIpc) is 2.45. The van der Waals surface area contributed by atoms with E-state index in [0.29, 0.717) is 0 Å². The fourth-order valence-corrected chi connectivity index (χ4v) is 1.95. The number of fused-ring (bicyclic) bond motifs is 2. The molecule has 2 bridgehead atoms. The third-order valence-electron chi connectivity index (χ3n) is 2.48. The molecule has 0 amide bonds. The minimum absolute atomic E-state index is 0.992. The summed E-state index contributed by atoms with van der Waals surface area (Å²) < 4.78 is 0. The highest BCUT2D eigenvalue weighted by Gasteiger charge is 2.27. The summed E-state index contributed by atoms with van der Waals surface area (Å²) in [6.07, 6.45) is 8.77. The quantitative estimate of drug-likeness (QED) is 0.461. The third-order valence-corrected chi connectivity index (χ3v) is 2.48. The highest BCUT2D eigenvalue weighted by atomic mass is 14.3. The minimum atomic E-state index is 0.992. The van der Waals surface area contributed by atoms with Crippen molar-refractivity contribution < 1.29 is 0 Å². The Hall–Kier alpha value is -0.520. The van der Waals surface area contributed by atoms with Crippen LogP contribution in [0.5, 0.6) is 0 Å². The van der Waals surface area contributed by atoms with E-state index in [4.69, 9.17) is 0 Å². The maximum absolute atomic E-state index is 2.41. The van der Waals surface area contributed by atoms with Gasteiger partial charge < -0.3 is 0 Å². The molecule has 0 N–H and O–H groups in total. The second-order valence-corrected chi connectivity index (χ2v) is 3.05. The predicted octanol–water partition coefficient (Wildman–Crippen LogP) is 2.67. The van der Waals surface area contributed by atoms with E-state index in [9.17, 15) is 0 Å². The van der Waals surface area contributed by atoms with E-state index in [1.807, 2.05) is 0 Å². The standard InChI is InChI=1S/C9H12/c1-2-8-5-7-3-4-9(8)6-7/h2,4,7H,3,5-6H2,1H3/b8-2-. The van der Waals surface area contributed by atoms with Crippen LogP contribution in [-0.2, 0) is 0 Å². The molecular formula is C9H12. The summed E-state index contributed by atoms with van der Waals surface area (Å²) in [6, 6.07) is 0. The van der Waals surface area contributed by atoms with Gasteiger partial charge in [0.05, 0.1) is 0 Å². The molecule has 48 valence electrons. The van der Waals surface area contributed by atoms with Crippen LogP contribution in [0.2, 0.25) is 0 Å². The number of allylic oxidation sites excluding steroid dienone is 4. The highest BCUT2D eigenvalue weighted by molar-refractivity contribution is 5.39. The number of rotatable bonds is 0. The highest BCUT2D eigenvalue weighted by Crippen LogP contribution is 2.43. The van der Waals surface area contributed by atoms with E-state index in [0.717, 1.165) is 5.92 Å². The first-order valence-corrected chi connectivity index (χ1v) is 3.74. The lowest BCUT2D eigenvalue weighted by Crippen LogP contribution is -1.88. The summed E-state index contributed by atoms with van der Waals surface area (Å²) in [5.74, 6) is 0.992. The Morgan fingerprint density at radius 3 is 2.78 bits per heavy atom. The zero-order chi connectivity index (χ0) is 6.27. The summed E-state index contributed by atoms with van der Waals surface area (Å²) in [7, 11) is 0. The maximum atomic E-state index is 2.41. The van der Waals surface area contributed by atoms with Gasteiger partial charge in [0.1, 0.15) is 0 Å². The molecule has 1 atom stereocenters. The van der Waals surface area contributed by atoms with E-state index < -0.39 is 0 Å². The Labute approximate surface area is 56.3 Å². The number of hydrogen-bond donors (Lipinski definition) is 0. The van der Waals surface area contributed by atoms with Gasteiger partial charge in [0.2, 0.25) is 0 Å². The van der Waals surface area contributed by atoms with Crippen molar-refractivity contribution >= 4 is 0 Å². The van der Waals surface area contributed by atoms with Gasteiger partial charge in [0.25, 0.3) is 0 Å². The van der Waals surface area contributed by atoms with Gasteiger partial charge in [-0.1, -0.05) is 12.2 Å². The zero-order valence-corrected chi connectivity index (χ0v) is 5.85. The Morgan fingerprint density at radius 2 is 2.44 bits per heavy atom. The van der Waals surface area contributed by atoms with E-state index in [1.54, 1.807) is 11.1 Å². The van der Waals surface area contributed by atoms with Gasteiger partial charge in [-0.25, -0.2) is 0 Å². The van der Waals surface area contributed by atoms with Crippen molar-refractivity contribution in [3.63, 3.8) is 0 Å². The van der Waals surface area contributed by atoms with Crippen LogP contribution in [0.25, 0.3) is 0 Å². The van der Waals surface area contributed by atoms with Crippen molar-refractivity contribution in [3.05, 3.63) is 23.3 Å². The first-order valence-electron chi connectivity index (χ1n) is 3.74. The van der Waals surface area contributed by atoms with Crippen LogP contribution < -0.4 is 0 Å². The molecule has 0 aromatic carbocycles. The van der Waals surface area contributed by atoms with Gasteiger partial charge in [-0.15, -0.1) is 0 Å². The van der Waals surface area contributed by atoms with E-state index in [-0.39, 0.29) is 0 Å². The lowest BCUT2D eigenvalue weighted by molar-refractivity contribution is 0.603. The van der Waals surface area contributed by atoms with Crippen molar-refractivity contribution in [2.24, 2.45) is 5.92 Å². The first-order chi connectivity index (χ1) is 4.40. The second kappa shape index (κ2) is 1.73. The molecule has 1 unspecified atom stereocenters. The van der Waals surface area contributed by atoms with Gasteiger partial charge >= 0.3 is 0 Å². The van der Waals surface area contributed by atoms with Crippen LogP contribution in [0.3, 0.4) is 0 Å². The second-order valence-electron chi connectivity index (χ2n) is 3.05. The molecule has 2 aliphatic carbocycles. The van der Waals surface area contributed by atoms with E-state index in [2.05, 4.69) is 19.1 Å². The fraction of sp³-hybridized carbons (Fsp3) is 0.556. The molecule has 0 aromatic heterocycles. The summed E-state index contributed by atoms with van der Waals surface area (Å²) >= 11 is 0. The zero-order valence-electron chi connectivity index (χ0n) is 5.85. The van der Waals surface area contributed by atoms with Gasteiger partial charge in [-0.2, -0.15) is 0 Å². The normalized spacial score (nSPS) is 35.9. The van der Waals surface area contributed by atoms with Crippen molar-refractivity contribution in [2.75, 3.05) is 0 Å². The lowest BCUT2D eigenvalue weighted by atomic mass is 10.0. The molecule has 2 rings (SSSR count). The summed E-state index contributed by atoms with van der Waals surface area (Å²) in [4.78, 5) is 0. The Kier molecular flexibility index (Phi) is 1.01. The predicted molar refractivity (Wildman–Crippen MR) is 39.2 cm³/mol. The molecule has 0 aliphatic heterocycles. The largest absolute Gasteiger partial charge is 0.0842 e. The molecule has 0 aromatic rings. The van der Waals surface area contributed by atoms with Crippen molar-refractivity contribution in [3.8, 4) is 0 Å². The maximum Gasteiger partial charge on any atom is -0.0245 e. The van der Waals surface area contributed by atoms with Crippen LogP contribution in [-0.4, -0.2) is 0 Å². The molecule has 0 spiro atoms. The molecule has 9 heavy (non-hydrogen) atoms. The minimum Gasteiger partial charge on any atom is -0.0842 e. The molecule has 1 fully saturated rings. The van der Waals surface area contributed by atoms with Crippen molar-refractivity contribution in [1.82, 2.24) is 0 Å². The molecule has 0 saturated heterocycles. The van der Waals surface area contributed by atoms with Gasteiger partial charge in [-0.05, 0) is 43.3 Å². The van der Waals surface area contributed by atoms with Crippen LogP contribution in [0.4, 0.5) is 0 Å². The van der Waals surface area contributed by atoms with Crippen molar-refractivity contribution in [2.45, 2.75) is 26.2 Å². The van der Waals surface area contributed by atoms with Crippen LogP contribution in [0, 0.1) is 5.92 Å². The lowest BCUT2D eigenvalue weighted by Gasteiger charge is -2.03. The van der Waals surface area contributed by atoms with Crippen LogP contribution in [0.1, 0.15) is 26.2 Å². The molecule has 0 radical (unpaired) electrons. The Balaban J connectivity index is 2.34. The molecule has 2 aliphatic rings. The van der Waals surface area contributed by atoms with Crippen LogP contribution >= 0.6 is 0 Å². The smallest absolute Gasteiger partial charge is 0.0245 e.